The summed E-state index contributed by atoms with van der Waals surface area (Å²) in [4.78, 5) is 11.9. The number of halogens is 4. The molecule has 7 nitrogen and oxygen atoms in total. The predicted molar refractivity (Wildman–Crippen MR) is 76.4 cm³/mol. The van der Waals surface area contributed by atoms with Crippen LogP contribution in [0.2, 0.25) is 0 Å². The Hall–Kier alpha value is -2.11. The van der Waals surface area contributed by atoms with E-state index in [0.717, 1.165) is 18.2 Å². The second-order valence-corrected chi connectivity index (χ2v) is 5.12. The first-order chi connectivity index (χ1) is 11.6. The molecule has 25 heavy (non-hydrogen) atoms. The van der Waals surface area contributed by atoms with Crippen LogP contribution in [0, 0.1) is 0 Å². The minimum atomic E-state index is -4.45. The molecule has 140 valence electrons. The number of amides is 2. The van der Waals surface area contributed by atoms with E-state index in [9.17, 15) is 22.4 Å². The van der Waals surface area contributed by atoms with Crippen LogP contribution in [0.4, 0.5) is 28.0 Å². The first kappa shape index (κ1) is 19.2. The van der Waals surface area contributed by atoms with E-state index in [2.05, 4.69) is 20.1 Å². The maximum atomic E-state index is 13.7. The Morgan fingerprint density at radius 2 is 1.84 bits per heavy atom. The summed E-state index contributed by atoms with van der Waals surface area (Å²) in [5.74, 6) is -0.751. The van der Waals surface area contributed by atoms with Gasteiger partial charge in [0.15, 0.2) is 6.29 Å². The molecule has 1 aliphatic heterocycles. The highest BCUT2D eigenvalue weighted by atomic mass is 19.3. The van der Waals surface area contributed by atoms with Crippen molar-refractivity contribution in [3.63, 3.8) is 0 Å². The first-order valence-electron chi connectivity index (χ1n) is 7.00. The lowest BCUT2D eigenvalue weighted by Crippen LogP contribution is -2.44. The van der Waals surface area contributed by atoms with Gasteiger partial charge in [0.25, 0.3) is 0 Å². The smallest absolute Gasteiger partial charge is 0.409 e. The van der Waals surface area contributed by atoms with Crippen LogP contribution in [-0.4, -0.2) is 38.9 Å². The fourth-order valence-electron chi connectivity index (χ4n) is 2.22. The zero-order chi connectivity index (χ0) is 18.8. The minimum Gasteiger partial charge on any atom is -0.409 e. The molecule has 11 heteroatoms. The van der Waals surface area contributed by atoms with Gasteiger partial charge in [0, 0.05) is 19.9 Å². The Labute approximate surface area is 140 Å². The third kappa shape index (κ3) is 4.50. The average Bonchev–Trinajstić information content (AvgIpc) is 2.47. The molecule has 0 aromatic heterocycles. The third-order valence-electron chi connectivity index (χ3n) is 3.26. The molecule has 0 spiro atoms. The van der Waals surface area contributed by atoms with Gasteiger partial charge < -0.3 is 24.8 Å². The van der Waals surface area contributed by atoms with Gasteiger partial charge in [-0.1, -0.05) is 0 Å². The summed E-state index contributed by atoms with van der Waals surface area (Å²) in [6.07, 6.45) is -9.45. The first-order valence-corrected chi connectivity index (χ1v) is 7.00. The van der Waals surface area contributed by atoms with E-state index in [0.29, 0.717) is 0 Å². The van der Waals surface area contributed by atoms with Crippen molar-refractivity contribution in [3.8, 4) is 5.75 Å². The number of ether oxygens (including phenoxy) is 4. The van der Waals surface area contributed by atoms with Crippen molar-refractivity contribution in [2.45, 2.75) is 31.7 Å². The molecule has 0 saturated carbocycles. The van der Waals surface area contributed by atoms with Crippen LogP contribution >= 0.6 is 0 Å². The van der Waals surface area contributed by atoms with Gasteiger partial charge in [-0.05, 0) is 25.1 Å². The molecule has 2 N–H and O–H groups in total. The SMILES string of the molecule is COC(OC)C(C)NC(=O)Nc1ccc2c(c1)C(F)(F)OC(F)(F)O2. The minimum absolute atomic E-state index is 0.0769. The molecular formula is C14H16F4N2O5. The highest BCUT2D eigenvalue weighted by Gasteiger charge is 2.54. The number of anilines is 1. The average molecular weight is 368 g/mol. The van der Waals surface area contributed by atoms with Crippen molar-refractivity contribution < 1.29 is 41.3 Å². The Kier molecular flexibility index (Phi) is 5.40. The van der Waals surface area contributed by atoms with Gasteiger partial charge in [-0.2, -0.15) is 8.78 Å². The van der Waals surface area contributed by atoms with Gasteiger partial charge in [-0.3, -0.25) is 0 Å². The maximum Gasteiger partial charge on any atom is 0.540 e. The quantitative estimate of drug-likeness (QED) is 0.617. The van der Waals surface area contributed by atoms with Crippen LogP contribution in [-0.2, 0) is 20.3 Å². The monoisotopic (exact) mass is 368 g/mol. The van der Waals surface area contributed by atoms with Crippen molar-refractivity contribution in [2.75, 3.05) is 19.5 Å². The van der Waals surface area contributed by atoms with Crippen molar-refractivity contribution in [1.29, 1.82) is 0 Å². The van der Waals surface area contributed by atoms with Gasteiger partial charge >= 0.3 is 18.4 Å². The summed E-state index contributed by atoms with van der Waals surface area (Å²) in [7, 11) is 2.76. The van der Waals surface area contributed by atoms with E-state index in [1.54, 1.807) is 6.92 Å². The van der Waals surface area contributed by atoms with Gasteiger partial charge in [0.05, 0.1) is 11.6 Å². The van der Waals surface area contributed by atoms with E-state index in [-0.39, 0.29) is 5.69 Å². The van der Waals surface area contributed by atoms with Crippen LogP contribution in [0.25, 0.3) is 0 Å². The zero-order valence-electron chi connectivity index (χ0n) is 13.4. The van der Waals surface area contributed by atoms with Gasteiger partial charge in [-0.15, -0.1) is 8.78 Å². The Bertz CT molecular complexity index is 640. The van der Waals surface area contributed by atoms with Gasteiger partial charge in [0.1, 0.15) is 5.75 Å². The molecular weight excluding hydrogens is 352 g/mol. The third-order valence-corrected chi connectivity index (χ3v) is 3.26. The molecule has 1 heterocycles. The molecule has 1 unspecified atom stereocenters. The van der Waals surface area contributed by atoms with Crippen molar-refractivity contribution >= 4 is 11.7 Å². The molecule has 2 amide bonds. The lowest BCUT2D eigenvalue weighted by atomic mass is 10.1. The summed E-state index contributed by atoms with van der Waals surface area (Å²) >= 11 is 0. The molecule has 2 rings (SSSR count). The number of fused-ring (bicyclic) bond motifs is 1. The van der Waals surface area contributed by atoms with E-state index in [1.807, 2.05) is 0 Å². The molecule has 1 atom stereocenters. The van der Waals surface area contributed by atoms with Crippen LogP contribution in [0.1, 0.15) is 12.5 Å². The molecule has 0 aliphatic carbocycles. The van der Waals surface area contributed by atoms with Gasteiger partial charge in [-0.25, -0.2) is 9.53 Å². The second kappa shape index (κ2) is 7.02. The number of methoxy groups -OCH3 is 2. The van der Waals surface area contributed by atoms with Crippen LogP contribution in [0.5, 0.6) is 5.75 Å². The lowest BCUT2D eigenvalue weighted by molar-refractivity contribution is -0.461. The highest BCUT2D eigenvalue weighted by Crippen LogP contribution is 2.46. The maximum absolute atomic E-state index is 13.7. The van der Waals surface area contributed by atoms with Crippen molar-refractivity contribution in [1.82, 2.24) is 5.32 Å². The summed E-state index contributed by atoms with van der Waals surface area (Å²) in [6, 6.07) is 1.49. The number of carbonyl (C=O) groups is 1. The number of alkyl halides is 4. The largest absolute Gasteiger partial charge is 0.540 e. The fraction of sp³-hybridized carbons (Fsp3) is 0.500. The Balaban J connectivity index is 2.11. The Morgan fingerprint density at radius 1 is 1.20 bits per heavy atom. The molecule has 0 fully saturated rings. The second-order valence-electron chi connectivity index (χ2n) is 5.12. The molecule has 1 aliphatic rings. The van der Waals surface area contributed by atoms with Crippen molar-refractivity contribution in [3.05, 3.63) is 23.8 Å². The summed E-state index contributed by atoms with van der Waals surface area (Å²) in [6.45, 7) is 1.60. The predicted octanol–water partition coefficient (Wildman–Crippen LogP) is 2.82. The zero-order valence-corrected chi connectivity index (χ0v) is 13.4. The molecule has 0 radical (unpaired) electrons. The lowest BCUT2D eigenvalue weighted by Gasteiger charge is -2.30. The molecule has 1 aromatic rings. The number of urea groups is 1. The van der Waals surface area contributed by atoms with Crippen LogP contribution < -0.4 is 15.4 Å². The number of hydrogen-bond acceptors (Lipinski definition) is 5. The molecule has 0 saturated heterocycles. The van der Waals surface area contributed by atoms with E-state index < -0.39 is 42.1 Å². The number of rotatable bonds is 5. The van der Waals surface area contributed by atoms with Crippen molar-refractivity contribution in [2.24, 2.45) is 0 Å². The topological polar surface area (TPSA) is 78.1 Å². The Morgan fingerprint density at radius 3 is 2.44 bits per heavy atom. The molecule has 1 aromatic carbocycles. The number of nitrogens with one attached hydrogen (secondary N) is 2. The fourth-order valence-corrected chi connectivity index (χ4v) is 2.22. The van der Waals surface area contributed by atoms with E-state index in [1.165, 1.54) is 14.2 Å². The highest BCUT2D eigenvalue weighted by molar-refractivity contribution is 5.89. The standard InChI is InChI=1S/C14H16F4N2O5/c1-7(11(22-2)23-3)19-12(21)20-8-4-5-10-9(6-8)13(15,16)25-14(17,18)24-10/h4-7,11H,1-3H3,(H2,19,20,21). The van der Waals surface area contributed by atoms with Crippen LogP contribution in [0.3, 0.4) is 0 Å². The number of hydrogen-bond donors (Lipinski definition) is 2. The summed E-state index contributed by atoms with van der Waals surface area (Å²) in [5, 5.41) is 4.77. The van der Waals surface area contributed by atoms with Gasteiger partial charge in [0.2, 0.25) is 0 Å². The summed E-state index contributed by atoms with van der Waals surface area (Å²) < 4.78 is 70.5. The molecule has 0 bridgehead atoms. The van der Waals surface area contributed by atoms with E-state index >= 15 is 0 Å². The summed E-state index contributed by atoms with van der Waals surface area (Å²) in [5.41, 5.74) is -1.01. The number of carbonyl (C=O) groups excluding carboxylic acids is 1. The van der Waals surface area contributed by atoms with Crippen LogP contribution in [0.15, 0.2) is 18.2 Å². The normalized spacial score (nSPS) is 18.9. The number of benzene rings is 1. The van der Waals surface area contributed by atoms with E-state index in [4.69, 9.17) is 9.47 Å².